The first-order chi connectivity index (χ1) is 7.22. The van der Waals surface area contributed by atoms with Crippen molar-refractivity contribution in [3.63, 3.8) is 0 Å². The number of alkyl halides is 1. The highest BCUT2D eigenvalue weighted by atomic mass is 79.9. The average molecular weight is 279 g/mol. The van der Waals surface area contributed by atoms with Gasteiger partial charge in [0.1, 0.15) is 4.83 Å². The van der Waals surface area contributed by atoms with Gasteiger partial charge in [0.15, 0.2) is 0 Å². The van der Waals surface area contributed by atoms with E-state index in [0.717, 1.165) is 25.7 Å². The van der Waals surface area contributed by atoms with Crippen molar-refractivity contribution in [2.24, 2.45) is 0 Å². The zero-order valence-corrected chi connectivity index (χ0v) is 11.5. The minimum absolute atomic E-state index is 0.0973. The van der Waals surface area contributed by atoms with Gasteiger partial charge in [-0.05, 0) is 12.8 Å². The van der Waals surface area contributed by atoms with Crippen LogP contribution in [-0.2, 0) is 9.53 Å². The normalized spacial score (nSPS) is 12.5. The second-order valence-electron chi connectivity index (χ2n) is 3.84. The van der Waals surface area contributed by atoms with Crippen molar-refractivity contribution in [2.75, 3.05) is 6.61 Å². The Hall–Kier alpha value is -0.0500. The van der Waals surface area contributed by atoms with Crippen LogP contribution in [0.5, 0.6) is 0 Å². The van der Waals surface area contributed by atoms with E-state index < -0.39 is 0 Å². The van der Waals surface area contributed by atoms with Gasteiger partial charge in [-0.15, -0.1) is 0 Å². The molecular weight excluding hydrogens is 256 g/mol. The molecule has 1 atom stereocenters. The highest BCUT2D eigenvalue weighted by Gasteiger charge is 2.15. The van der Waals surface area contributed by atoms with Crippen LogP contribution in [0.2, 0.25) is 0 Å². The summed E-state index contributed by atoms with van der Waals surface area (Å²) in [4.78, 5) is 11.3. The number of carbonyl (C=O) groups excluding carboxylic acids is 1. The summed E-state index contributed by atoms with van der Waals surface area (Å²) in [5.41, 5.74) is 0. The van der Waals surface area contributed by atoms with Crippen LogP contribution < -0.4 is 0 Å². The summed E-state index contributed by atoms with van der Waals surface area (Å²) in [5.74, 6) is -0.0973. The van der Waals surface area contributed by atoms with Crippen LogP contribution in [0.25, 0.3) is 0 Å². The van der Waals surface area contributed by atoms with Crippen molar-refractivity contribution in [3.05, 3.63) is 0 Å². The van der Waals surface area contributed by atoms with Crippen molar-refractivity contribution < 1.29 is 9.53 Å². The Morgan fingerprint density at radius 3 is 2.40 bits per heavy atom. The van der Waals surface area contributed by atoms with Crippen molar-refractivity contribution in [1.29, 1.82) is 0 Å². The zero-order chi connectivity index (χ0) is 11.5. The van der Waals surface area contributed by atoms with Gasteiger partial charge in [0, 0.05) is 0 Å². The molecule has 0 spiro atoms. The van der Waals surface area contributed by atoms with Crippen molar-refractivity contribution in [3.8, 4) is 0 Å². The molecule has 0 rings (SSSR count). The van der Waals surface area contributed by atoms with E-state index in [4.69, 9.17) is 4.74 Å². The number of esters is 1. The molecule has 90 valence electrons. The molecule has 0 fully saturated rings. The number of unbranched alkanes of at least 4 members (excludes halogenated alkanes) is 4. The molecule has 0 aliphatic rings. The third kappa shape index (κ3) is 8.91. The predicted molar refractivity (Wildman–Crippen MR) is 67.3 cm³/mol. The van der Waals surface area contributed by atoms with Gasteiger partial charge in [-0.1, -0.05) is 61.9 Å². The maximum absolute atomic E-state index is 11.4. The molecule has 0 saturated heterocycles. The minimum Gasteiger partial charge on any atom is -0.465 e. The summed E-state index contributed by atoms with van der Waals surface area (Å²) in [7, 11) is 0. The second-order valence-corrected chi connectivity index (χ2v) is 4.94. The molecule has 0 radical (unpaired) electrons. The van der Waals surface area contributed by atoms with Gasteiger partial charge in [0.25, 0.3) is 0 Å². The van der Waals surface area contributed by atoms with Crippen LogP contribution in [0.4, 0.5) is 0 Å². The molecule has 0 amide bonds. The number of halogens is 1. The highest BCUT2D eigenvalue weighted by molar-refractivity contribution is 9.10. The lowest BCUT2D eigenvalue weighted by molar-refractivity contribution is -0.143. The number of ether oxygens (including phenoxy) is 1. The molecule has 0 heterocycles. The number of carbonyl (C=O) groups is 1. The number of hydrogen-bond donors (Lipinski definition) is 0. The fraction of sp³-hybridized carbons (Fsp3) is 0.917. The fourth-order valence-corrected chi connectivity index (χ4v) is 1.73. The van der Waals surface area contributed by atoms with Crippen LogP contribution in [-0.4, -0.2) is 17.4 Å². The topological polar surface area (TPSA) is 26.3 Å². The smallest absolute Gasteiger partial charge is 0.319 e. The molecule has 0 aliphatic heterocycles. The number of hydrogen-bond acceptors (Lipinski definition) is 2. The van der Waals surface area contributed by atoms with E-state index in [1.165, 1.54) is 19.3 Å². The first kappa shape index (κ1) is 14.9. The Morgan fingerprint density at radius 2 is 1.80 bits per heavy atom. The molecule has 3 heteroatoms. The summed E-state index contributed by atoms with van der Waals surface area (Å²) in [5, 5.41) is 0. The Balaban J connectivity index is 3.42. The molecular formula is C12H23BrO2. The Labute approximate surface area is 102 Å². The molecule has 1 unspecified atom stereocenters. The number of rotatable bonds is 9. The van der Waals surface area contributed by atoms with Crippen LogP contribution in [0, 0.1) is 0 Å². The van der Waals surface area contributed by atoms with E-state index in [1.54, 1.807) is 0 Å². The largest absolute Gasteiger partial charge is 0.465 e. The van der Waals surface area contributed by atoms with Crippen molar-refractivity contribution in [1.82, 2.24) is 0 Å². The molecule has 0 aromatic carbocycles. The lowest BCUT2D eigenvalue weighted by Crippen LogP contribution is -2.17. The van der Waals surface area contributed by atoms with E-state index in [1.807, 2.05) is 0 Å². The minimum atomic E-state index is -0.105. The van der Waals surface area contributed by atoms with Crippen molar-refractivity contribution in [2.45, 2.75) is 63.6 Å². The third-order valence-electron chi connectivity index (χ3n) is 2.31. The van der Waals surface area contributed by atoms with E-state index in [2.05, 4.69) is 29.8 Å². The summed E-state index contributed by atoms with van der Waals surface area (Å²) < 4.78 is 5.12. The van der Waals surface area contributed by atoms with Crippen molar-refractivity contribution >= 4 is 21.9 Å². The molecule has 0 aromatic heterocycles. The Morgan fingerprint density at radius 1 is 1.13 bits per heavy atom. The molecule has 0 aromatic rings. The second kappa shape index (κ2) is 10.5. The van der Waals surface area contributed by atoms with E-state index in [0.29, 0.717) is 6.61 Å². The standard InChI is InChI=1S/C12H23BrO2/c1-3-5-7-8-9-11(13)12(14)15-10-6-4-2/h11H,3-10H2,1-2H3. The molecule has 0 N–H and O–H groups in total. The van der Waals surface area contributed by atoms with Gasteiger partial charge in [0.2, 0.25) is 0 Å². The van der Waals surface area contributed by atoms with Gasteiger partial charge >= 0.3 is 5.97 Å². The first-order valence-electron chi connectivity index (χ1n) is 6.03. The Kier molecular flexibility index (Phi) is 10.4. The van der Waals surface area contributed by atoms with Gasteiger partial charge in [-0.3, -0.25) is 4.79 Å². The van der Waals surface area contributed by atoms with Gasteiger partial charge in [0.05, 0.1) is 6.61 Å². The lowest BCUT2D eigenvalue weighted by Gasteiger charge is -2.09. The quantitative estimate of drug-likeness (QED) is 0.361. The van der Waals surface area contributed by atoms with Crippen LogP contribution in [0.3, 0.4) is 0 Å². The first-order valence-corrected chi connectivity index (χ1v) is 6.94. The van der Waals surface area contributed by atoms with E-state index >= 15 is 0 Å². The Bertz CT molecular complexity index is 160. The van der Waals surface area contributed by atoms with E-state index in [9.17, 15) is 4.79 Å². The monoisotopic (exact) mass is 278 g/mol. The predicted octanol–water partition coefficient (Wildman–Crippen LogP) is 4.06. The van der Waals surface area contributed by atoms with Gasteiger partial charge < -0.3 is 4.74 Å². The average Bonchev–Trinajstić information content (AvgIpc) is 2.24. The van der Waals surface area contributed by atoms with Gasteiger partial charge in [-0.25, -0.2) is 0 Å². The van der Waals surface area contributed by atoms with E-state index in [-0.39, 0.29) is 10.8 Å². The molecule has 0 saturated carbocycles. The molecule has 0 aliphatic carbocycles. The molecule has 0 bridgehead atoms. The molecule has 15 heavy (non-hydrogen) atoms. The van der Waals surface area contributed by atoms with Gasteiger partial charge in [-0.2, -0.15) is 0 Å². The summed E-state index contributed by atoms with van der Waals surface area (Å²) >= 11 is 3.37. The maximum Gasteiger partial charge on any atom is 0.319 e. The van der Waals surface area contributed by atoms with Crippen LogP contribution in [0.1, 0.15) is 58.8 Å². The molecule has 2 nitrogen and oxygen atoms in total. The SMILES string of the molecule is CCCCCCC(Br)C(=O)OCCCC. The zero-order valence-electron chi connectivity index (χ0n) is 9.93. The van der Waals surface area contributed by atoms with Crippen LogP contribution >= 0.6 is 15.9 Å². The third-order valence-corrected chi connectivity index (χ3v) is 3.14. The lowest BCUT2D eigenvalue weighted by atomic mass is 10.1. The fourth-order valence-electron chi connectivity index (χ4n) is 1.28. The summed E-state index contributed by atoms with van der Waals surface area (Å²) in [6.07, 6.45) is 7.72. The maximum atomic E-state index is 11.4. The highest BCUT2D eigenvalue weighted by Crippen LogP contribution is 2.13. The summed E-state index contributed by atoms with van der Waals surface area (Å²) in [6, 6.07) is 0. The van der Waals surface area contributed by atoms with Crippen LogP contribution in [0.15, 0.2) is 0 Å². The summed E-state index contributed by atoms with van der Waals surface area (Å²) in [6.45, 7) is 4.83.